The van der Waals surface area contributed by atoms with Crippen LogP contribution in [0.2, 0.25) is 0 Å². The van der Waals surface area contributed by atoms with Crippen LogP contribution in [0, 0.1) is 0 Å². The average Bonchev–Trinajstić information content (AvgIpc) is 2.46. The Morgan fingerprint density at radius 3 is 2.11 bits per heavy atom. The zero-order valence-electron chi connectivity index (χ0n) is 10.3. The molecule has 0 aliphatic carbocycles. The van der Waals surface area contributed by atoms with Gasteiger partial charge < -0.3 is 0 Å². The lowest BCUT2D eigenvalue weighted by Gasteiger charge is -2.14. The number of nitrogens with zero attached hydrogens (tertiary/aromatic N) is 1. The van der Waals surface area contributed by atoms with E-state index in [0.717, 1.165) is 11.1 Å². The smallest absolute Gasteiger partial charge is 0.0806 e. The van der Waals surface area contributed by atoms with Crippen LogP contribution in [0.5, 0.6) is 0 Å². The fourth-order valence-electron chi connectivity index (χ4n) is 1.73. The van der Waals surface area contributed by atoms with E-state index in [0.29, 0.717) is 0 Å². The van der Waals surface area contributed by atoms with Crippen molar-refractivity contribution in [2.75, 3.05) is 0 Å². The molecule has 0 saturated carbocycles. The third-order valence-electron chi connectivity index (χ3n) is 2.80. The lowest BCUT2D eigenvalue weighted by atomic mass is 10.1. The molecule has 2 rings (SSSR count). The van der Waals surface area contributed by atoms with Gasteiger partial charge in [-0.05, 0) is 18.1 Å². The molecule has 0 heterocycles. The molecule has 0 aliphatic rings. The summed E-state index contributed by atoms with van der Waals surface area (Å²) in [4.78, 5) is 4.51. The van der Waals surface area contributed by atoms with Crippen LogP contribution in [-0.2, 0) is 0 Å². The Labute approximate surface area is 113 Å². The predicted octanol–water partition coefficient (Wildman–Crippen LogP) is 4.47. The van der Waals surface area contributed by atoms with Crippen molar-refractivity contribution >= 4 is 17.8 Å². The molecule has 1 nitrogen and oxygen atoms in total. The van der Waals surface area contributed by atoms with Gasteiger partial charge in [0.25, 0.3) is 0 Å². The van der Waals surface area contributed by atoms with E-state index in [9.17, 15) is 0 Å². The highest BCUT2D eigenvalue weighted by Crippen LogP contribution is 2.25. The highest BCUT2D eigenvalue weighted by molar-refractivity contribution is 6.21. The second-order valence-electron chi connectivity index (χ2n) is 4.24. The number of benzene rings is 2. The van der Waals surface area contributed by atoms with Crippen molar-refractivity contribution in [1.82, 2.24) is 0 Å². The number of rotatable bonds is 4. The van der Waals surface area contributed by atoms with Crippen LogP contribution in [-0.4, -0.2) is 12.3 Å². The molecule has 18 heavy (non-hydrogen) atoms. The normalized spacial score (nSPS) is 14.6. The Hall–Kier alpha value is -1.60. The first kappa shape index (κ1) is 12.8. The predicted molar refractivity (Wildman–Crippen MR) is 78.5 cm³/mol. The summed E-state index contributed by atoms with van der Waals surface area (Å²) in [6.07, 6.45) is 1.88. The molecule has 0 unspecified atom stereocenters. The van der Waals surface area contributed by atoms with E-state index >= 15 is 0 Å². The third kappa shape index (κ3) is 3.44. The maximum atomic E-state index is 6.41. The molecule has 2 heteroatoms. The number of alkyl halides is 1. The second-order valence-corrected chi connectivity index (χ2v) is 4.71. The van der Waals surface area contributed by atoms with Crippen molar-refractivity contribution in [1.29, 1.82) is 0 Å². The minimum atomic E-state index is -0.0915. The average molecular weight is 258 g/mol. The minimum Gasteiger partial charge on any atom is -0.288 e. The first-order valence-corrected chi connectivity index (χ1v) is 6.48. The third-order valence-corrected chi connectivity index (χ3v) is 3.42. The SMILES string of the molecule is C[C@H](N=Cc1ccccc1)[C@@H](Cl)c1ccccc1. The summed E-state index contributed by atoms with van der Waals surface area (Å²) in [6, 6.07) is 20.2. The van der Waals surface area contributed by atoms with Gasteiger partial charge in [-0.25, -0.2) is 0 Å². The molecule has 0 radical (unpaired) electrons. The van der Waals surface area contributed by atoms with Crippen LogP contribution in [0.15, 0.2) is 65.7 Å². The fourth-order valence-corrected chi connectivity index (χ4v) is 1.94. The molecule has 0 saturated heterocycles. The minimum absolute atomic E-state index is 0.0503. The standard InChI is InChI=1S/C16H16ClN/c1-13(16(17)15-10-6-3-7-11-15)18-12-14-8-4-2-5-9-14/h2-13,16H,1H3/t13-,16+/m0/s1. The largest absolute Gasteiger partial charge is 0.288 e. The molecule has 92 valence electrons. The Kier molecular flexibility index (Phi) is 4.54. The van der Waals surface area contributed by atoms with E-state index in [1.54, 1.807) is 0 Å². The van der Waals surface area contributed by atoms with Gasteiger partial charge in [-0.2, -0.15) is 0 Å². The van der Waals surface area contributed by atoms with Crippen LogP contribution >= 0.6 is 11.6 Å². The first-order chi connectivity index (χ1) is 8.77. The van der Waals surface area contributed by atoms with Crippen molar-refractivity contribution in [2.24, 2.45) is 4.99 Å². The van der Waals surface area contributed by atoms with E-state index in [4.69, 9.17) is 11.6 Å². The van der Waals surface area contributed by atoms with Crippen LogP contribution in [0.3, 0.4) is 0 Å². The molecule has 0 aromatic heterocycles. The first-order valence-electron chi connectivity index (χ1n) is 6.04. The van der Waals surface area contributed by atoms with E-state index in [2.05, 4.69) is 4.99 Å². The van der Waals surface area contributed by atoms with Crippen molar-refractivity contribution < 1.29 is 0 Å². The summed E-state index contributed by atoms with van der Waals surface area (Å²) in [5.74, 6) is 0. The van der Waals surface area contributed by atoms with Crippen molar-refractivity contribution in [3.8, 4) is 0 Å². The van der Waals surface area contributed by atoms with E-state index in [1.807, 2.05) is 73.8 Å². The van der Waals surface area contributed by atoms with Gasteiger partial charge in [0.1, 0.15) is 0 Å². The number of hydrogen-bond donors (Lipinski definition) is 0. The highest BCUT2D eigenvalue weighted by atomic mass is 35.5. The van der Waals surface area contributed by atoms with Gasteiger partial charge in [-0.15, -0.1) is 11.6 Å². The number of hydrogen-bond acceptors (Lipinski definition) is 1. The second kappa shape index (κ2) is 6.36. The summed E-state index contributed by atoms with van der Waals surface area (Å²) in [5.41, 5.74) is 2.21. The Morgan fingerprint density at radius 2 is 1.50 bits per heavy atom. The van der Waals surface area contributed by atoms with Crippen molar-refractivity contribution in [3.05, 3.63) is 71.8 Å². The molecule has 0 spiro atoms. The van der Waals surface area contributed by atoms with Crippen LogP contribution in [0.4, 0.5) is 0 Å². The van der Waals surface area contributed by atoms with Crippen LogP contribution in [0.1, 0.15) is 23.4 Å². The monoisotopic (exact) mass is 257 g/mol. The van der Waals surface area contributed by atoms with Crippen molar-refractivity contribution in [3.63, 3.8) is 0 Å². The Balaban J connectivity index is 2.04. The lowest BCUT2D eigenvalue weighted by molar-refractivity contribution is 0.719. The molecule has 0 N–H and O–H groups in total. The summed E-state index contributed by atoms with van der Waals surface area (Å²) in [5, 5.41) is -0.0915. The molecule has 2 aromatic rings. The number of aliphatic imine (C=N–C) groups is 1. The molecule has 0 amide bonds. The summed E-state index contributed by atoms with van der Waals surface area (Å²) < 4.78 is 0. The molecular weight excluding hydrogens is 242 g/mol. The van der Waals surface area contributed by atoms with Gasteiger partial charge >= 0.3 is 0 Å². The zero-order chi connectivity index (χ0) is 12.8. The molecule has 0 aliphatic heterocycles. The Bertz CT molecular complexity index is 493. The molecule has 0 fully saturated rings. The maximum Gasteiger partial charge on any atom is 0.0806 e. The highest BCUT2D eigenvalue weighted by Gasteiger charge is 2.14. The van der Waals surface area contributed by atoms with Gasteiger partial charge in [-0.1, -0.05) is 60.7 Å². The molecule has 2 aromatic carbocycles. The maximum absolute atomic E-state index is 6.41. The fraction of sp³-hybridized carbons (Fsp3) is 0.188. The number of halogens is 1. The van der Waals surface area contributed by atoms with Crippen LogP contribution in [0.25, 0.3) is 0 Å². The zero-order valence-corrected chi connectivity index (χ0v) is 11.1. The van der Waals surface area contributed by atoms with Gasteiger partial charge in [-0.3, -0.25) is 4.99 Å². The molecule has 0 bridgehead atoms. The quantitative estimate of drug-likeness (QED) is 0.566. The van der Waals surface area contributed by atoms with Crippen LogP contribution < -0.4 is 0 Å². The summed E-state index contributed by atoms with van der Waals surface area (Å²) in [6.45, 7) is 2.03. The topological polar surface area (TPSA) is 12.4 Å². The van der Waals surface area contributed by atoms with E-state index < -0.39 is 0 Å². The van der Waals surface area contributed by atoms with Gasteiger partial charge in [0.05, 0.1) is 11.4 Å². The molecule has 2 atom stereocenters. The van der Waals surface area contributed by atoms with Gasteiger partial charge in [0.2, 0.25) is 0 Å². The Morgan fingerprint density at radius 1 is 0.944 bits per heavy atom. The van der Waals surface area contributed by atoms with Crippen molar-refractivity contribution in [2.45, 2.75) is 18.3 Å². The molecular formula is C16H16ClN. The van der Waals surface area contributed by atoms with Gasteiger partial charge in [0.15, 0.2) is 0 Å². The van der Waals surface area contributed by atoms with Gasteiger partial charge in [0, 0.05) is 6.21 Å². The summed E-state index contributed by atoms with van der Waals surface area (Å²) >= 11 is 6.41. The van der Waals surface area contributed by atoms with E-state index in [-0.39, 0.29) is 11.4 Å². The lowest BCUT2D eigenvalue weighted by Crippen LogP contribution is -2.07. The summed E-state index contributed by atoms with van der Waals surface area (Å²) in [7, 11) is 0. The van der Waals surface area contributed by atoms with E-state index in [1.165, 1.54) is 0 Å².